The first kappa shape index (κ1) is 22.1. The Bertz CT molecular complexity index is 1180. The first-order valence-corrected chi connectivity index (χ1v) is 13.6. The summed E-state index contributed by atoms with van der Waals surface area (Å²) >= 11 is 1.48. The minimum atomic E-state index is -2.96. The number of benzene rings is 2. The van der Waals surface area contributed by atoms with Gasteiger partial charge in [-0.25, -0.2) is 8.42 Å². The van der Waals surface area contributed by atoms with Crippen LogP contribution in [0.2, 0.25) is 0 Å². The summed E-state index contributed by atoms with van der Waals surface area (Å²) in [6.07, 6.45) is 0. The van der Waals surface area contributed by atoms with Crippen molar-refractivity contribution in [1.82, 2.24) is 4.90 Å². The van der Waals surface area contributed by atoms with Crippen LogP contribution in [0.4, 0.5) is 11.4 Å². The molecule has 174 valence electrons. The second kappa shape index (κ2) is 8.90. The Balaban J connectivity index is 1.16. The van der Waals surface area contributed by atoms with E-state index in [1.165, 1.54) is 11.8 Å². The molecule has 0 aliphatic carbocycles. The van der Waals surface area contributed by atoms with Gasteiger partial charge in [0.2, 0.25) is 0 Å². The zero-order valence-corrected chi connectivity index (χ0v) is 19.9. The number of piperazine rings is 1. The van der Waals surface area contributed by atoms with Gasteiger partial charge in [-0.1, -0.05) is 17.8 Å². The fourth-order valence-electron chi connectivity index (χ4n) is 4.39. The topological polar surface area (TPSA) is 91.3 Å². The summed E-state index contributed by atoms with van der Waals surface area (Å²) in [7, 11) is -1.30. The molecule has 1 N–H and O–H groups in total. The molecule has 2 aromatic carbocycles. The molecule has 8 nitrogen and oxygen atoms in total. The van der Waals surface area contributed by atoms with Crippen LogP contribution in [-0.4, -0.2) is 80.5 Å². The van der Waals surface area contributed by atoms with Gasteiger partial charge in [0.25, 0.3) is 5.91 Å². The average Bonchev–Trinajstić information content (AvgIpc) is 3.31. The van der Waals surface area contributed by atoms with Gasteiger partial charge in [-0.15, -0.1) is 0 Å². The van der Waals surface area contributed by atoms with Crippen LogP contribution in [-0.2, 0) is 9.84 Å². The minimum Gasteiger partial charge on any atom is -0.497 e. The number of amidine groups is 1. The predicted molar refractivity (Wildman–Crippen MR) is 132 cm³/mol. The van der Waals surface area contributed by atoms with Crippen molar-refractivity contribution in [2.24, 2.45) is 4.99 Å². The molecule has 10 heteroatoms. The van der Waals surface area contributed by atoms with Crippen molar-refractivity contribution < 1.29 is 17.9 Å². The van der Waals surface area contributed by atoms with Crippen molar-refractivity contribution in [1.29, 1.82) is 0 Å². The van der Waals surface area contributed by atoms with Crippen LogP contribution in [0.1, 0.15) is 10.4 Å². The van der Waals surface area contributed by atoms with E-state index in [-0.39, 0.29) is 28.7 Å². The van der Waals surface area contributed by atoms with Gasteiger partial charge >= 0.3 is 0 Å². The van der Waals surface area contributed by atoms with Crippen LogP contribution >= 0.6 is 11.8 Å². The molecular weight excluding hydrogens is 460 g/mol. The maximum Gasteiger partial charge on any atom is 0.253 e. The normalized spacial score (nSPS) is 23.7. The van der Waals surface area contributed by atoms with Crippen molar-refractivity contribution in [2.75, 3.05) is 55.0 Å². The molecule has 5 rings (SSSR count). The minimum absolute atomic E-state index is 0.00833. The molecule has 2 atom stereocenters. The number of aliphatic imine (C=N–C) groups is 1. The van der Waals surface area contributed by atoms with Gasteiger partial charge in [-0.3, -0.25) is 9.79 Å². The molecule has 0 spiro atoms. The molecule has 2 saturated heterocycles. The fraction of sp³-hybridized carbons (Fsp3) is 0.391. The average molecular weight is 487 g/mol. The highest BCUT2D eigenvalue weighted by Gasteiger charge is 2.42. The van der Waals surface area contributed by atoms with Gasteiger partial charge in [-0.2, -0.15) is 0 Å². The number of sulfone groups is 1. The van der Waals surface area contributed by atoms with Crippen LogP contribution in [0, 0.1) is 0 Å². The molecule has 0 unspecified atom stereocenters. The lowest BCUT2D eigenvalue weighted by Crippen LogP contribution is -2.48. The molecule has 3 heterocycles. The summed E-state index contributed by atoms with van der Waals surface area (Å²) in [6.45, 7) is 2.87. The molecule has 0 radical (unpaired) electrons. The third kappa shape index (κ3) is 4.81. The summed E-state index contributed by atoms with van der Waals surface area (Å²) in [6, 6.07) is 15.2. The number of rotatable bonds is 4. The Morgan fingerprint density at radius 1 is 1.09 bits per heavy atom. The standard InChI is InChI=1S/C23H26N4O4S2/c1-31-19-4-2-3-18(13-19)26-9-11-27(12-10-26)22(28)16-5-7-17(8-6-16)24-23-25-20-14-33(29,30)15-21(20)32-23/h2-8,13,20-21H,9-12,14-15H2,1H3,(H,24,25)/t20-,21+/m0/s1. The summed E-state index contributed by atoms with van der Waals surface area (Å²) in [5, 5.41) is 4.00. The first-order valence-electron chi connectivity index (χ1n) is 10.9. The molecular formula is C23H26N4O4S2. The Morgan fingerprint density at radius 3 is 2.55 bits per heavy atom. The number of hydrogen-bond donors (Lipinski definition) is 1. The molecule has 0 saturated carbocycles. The van der Waals surface area contributed by atoms with E-state index in [2.05, 4.69) is 21.3 Å². The van der Waals surface area contributed by atoms with Gasteiger partial charge in [0, 0.05) is 54.4 Å². The van der Waals surface area contributed by atoms with Gasteiger partial charge in [0.15, 0.2) is 15.0 Å². The molecule has 3 aliphatic rings. The lowest BCUT2D eigenvalue weighted by molar-refractivity contribution is 0.0747. The Labute approximate surface area is 197 Å². The molecule has 2 aromatic rings. The molecule has 0 aromatic heterocycles. The third-order valence-corrected chi connectivity index (χ3v) is 9.33. The number of nitrogens with one attached hydrogen (secondary N) is 1. The fourth-order valence-corrected chi connectivity index (χ4v) is 8.07. The summed E-state index contributed by atoms with van der Waals surface area (Å²) in [5.41, 5.74) is 2.59. The highest BCUT2D eigenvalue weighted by Crippen LogP contribution is 2.34. The number of carbonyl (C=O) groups excluding carboxylic acids is 1. The number of carbonyl (C=O) groups is 1. The Kier molecular flexibility index (Phi) is 5.96. The highest BCUT2D eigenvalue weighted by molar-refractivity contribution is 8.15. The highest BCUT2D eigenvalue weighted by atomic mass is 32.2. The van der Waals surface area contributed by atoms with Crippen LogP contribution < -0.4 is 15.0 Å². The maximum absolute atomic E-state index is 13.0. The number of nitrogens with zero attached hydrogens (tertiary/aromatic N) is 3. The summed E-state index contributed by atoms with van der Waals surface area (Å²) < 4.78 is 28.7. The Morgan fingerprint density at radius 2 is 1.85 bits per heavy atom. The van der Waals surface area contributed by atoms with E-state index in [0.717, 1.165) is 35.4 Å². The summed E-state index contributed by atoms with van der Waals surface area (Å²) in [5.74, 6) is 1.18. The van der Waals surface area contributed by atoms with Crippen LogP contribution in [0.25, 0.3) is 0 Å². The van der Waals surface area contributed by atoms with Crippen molar-refractivity contribution in [2.45, 2.75) is 11.3 Å². The SMILES string of the molecule is COc1cccc(N2CCN(C(=O)c3ccc(NC4=N[C@H]5CS(=O)(=O)C[C@H]5S4)cc3)CC2)c1. The third-order valence-electron chi connectivity index (χ3n) is 6.19. The van der Waals surface area contributed by atoms with Crippen LogP contribution in [0.15, 0.2) is 53.5 Å². The van der Waals surface area contributed by atoms with Crippen molar-refractivity contribution in [3.63, 3.8) is 0 Å². The molecule has 1 amide bonds. The number of fused-ring (bicyclic) bond motifs is 1. The molecule has 3 aliphatic heterocycles. The number of amides is 1. The number of hydrogen-bond acceptors (Lipinski definition) is 8. The first-order chi connectivity index (χ1) is 15.9. The van der Waals surface area contributed by atoms with Crippen molar-refractivity contribution >= 4 is 44.0 Å². The largest absolute Gasteiger partial charge is 0.497 e. The van der Waals surface area contributed by atoms with Gasteiger partial charge in [0.05, 0.1) is 24.7 Å². The number of anilines is 2. The number of ether oxygens (including phenoxy) is 1. The lowest BCUT2D eigenvalue weighted by atomic mass is 10.1. The zero-order chi connectivity index (χ0) is 23.0. The van der Waals surface area contributed by atoms with E-state index in [0.29, 0.717) is 18.7 Å². The van der Waals surface area contributed by atoms with E-state index in [4.69, 9.17) is 4.74 Å². The zero-order valence-electron chi connectivity index (χ0n) is 18.3. The predicted octanol–water partition coefficient (Wildman–Crippen LogP) is 2.34. The van der Waals surface area contributed by atoms with Crippen molar-refractivity contribution in [3.8, 4) is 5.75 Å². The van der Waals surface area contributed by atoms with E-state index in [9.17, 15) is 13.2 Å². The van der Waals surface area contributed by atoms with Gasteiger partial charge in [0.1, 0.15) is 5.75 Å². The monoisotopic (exact) mass is 486 g/mol. The smallest absolute Gasteiger partial charge is 0.253 e. The number of thioether (sulfide) groups is 1. The maximum atomic E-state index is 13.0. The molecule has 0 bridgehead atoms. The Hall–Kier alpha value is -2.72. The van der Waals surface area contributed by atoms with E-state index in [1.54, 1.807) is 7.11 Å². The van der Waals surface area contributed by atoms with Crippen LogP contribution in [0.5, 0.6) is 5.75 Å². The van der Waals surface area contributed by atoms with Crippen molar-refractivity contribution in [3.05, 3.63) is 54.1 Å². The van der Waals surface area contributed by atoms with E-state index in [1.807, 2.05) is 47.4 Å². The molecule has 2 fully saturated rings. The second-order valence-electron chi connectivity index (χ2n) is 8.42. The molecule has 33 heavy (non-hydrogen) atoms. The van der Waals surface area contributed by atoms with Gasteiger partial charge < -0.3 is 19.9 Å². The lowest BCUT2D eigenvalue weighted by Gasteiger charge is -2.36. The second-order valence-corrected chi connectivity index (χ2v) is 11.8. The van der Waals surface area contributed by atoms with E-state index < -0.39 is 9.84 Å². The quantitative estimate of drug-likeness (QED) is 0.709. The van der Waals surface area contributed by atoms with E-state index >= 15 is 0 Å². The van der Waals surface area contributed by atoms with Crippen LogP contribution in [0.3, 0.4) is 0 Å². The number of methoxy groups -OCH3 is 1. The summed E-state index contributed by atoms with van der Waals surface area (Å²) in [4.78, 5) is 21.6. The van der Waals surface area contributed by atoms with Gasteiger partial charge in [-0.05, 0) is 36.4 Å².